The number of aromatic nitrogens is 3. The van der Waals surface area contributed by atoms with Crippen LogP contribution in [-0.2, 0) is 23.1 Å². The SMILES string of the molecule is CCn1ccnc1[C@@H]1OCC[C@H]1C(=O)Nc1cc(C)c(=O)n(C)c1. The van der Waals surface area contributed by atoms with E-state index in [0.717, 1.165) is 12.4 Å². The van der Waals surface area contributed by atoms with Gasteiger partial charge in [-0.15, -0.1) is 0 Å². The fraction of sp³-hybridized carbons (Fsp3) is 0.471. The maximum Gasteiger partial charge on any atom is 0.253 e. The highest BCUT2D eigenvalue weighted by atomic mass is 16.5. The summed E-state index contributed by atoms with van der Waals surface area (Å²) in [6, 6.07) is 1.69. The lowest BCUT2D eigenvalue weighted by molar-refractivity contribution is -0.121. The van der Waals surface area contributed by atoms with Gasteiger partial charge >= 0.3 is 0 Å². The zero-order chi connectivity index (χ0) is 17.3. The molecule has 128 valence electrons. The maximum atomic E-state index is 12.7. The Hall–Kier alpha value is -2.41. The van der Waals surface area contributed by atoms with Gasteiger partial charge in [0, 0.05) is 44.4 Å². The monoisotopic (exact) mass is 330 g/mol. The average Bonchev–Trinajstić information content (AvgIpc) is 3.20. The molecule has 1 amide bonds. The topological polar surface area (TPSA) is 78.2 Å². The Bertz CT molecular complexity index is 782. The van der Waals surface area contributed by atoms with Gasteiger partial charge in [0.05, 0.1) is 11.6 Å². The number of pyridine rings is 1. The van der Waals surface area contributed by atoms with Crippen LogP contribution in [0, 0.1) is 12.8 Å². The summed E-state index contributed by atoms with van der Waals surface area (Å²) in [6.07, 6.45) is 5.56. The first-order chi connectivity index (χ1) is 11.5. The molecule has 2 aromatic rings. The van der Waals surface area contributed by atoms with Crippen LogP contribution in [-0.4, -0.2) is 26.6 Å². The molecule has 0 aliphatic carbocycles. The van der Waals surface area contributed by atoms with Crippen LogP contribution >= 0.6 is 0 Å². The summed E-state index contributed by atoms with van der Waals surface area (Å²) in [5.41, 5.74) is 1.14. The smallest absolute Gasteiger partial charge is 0.253 e. The van der Waals surface area contributed by atoms with E-state index >= 15 is 0 Å². The van der Waals surface area contributed by atoms with E-state index in [1.165, 1.54) is 4.57 Å². The van der Waals surface area contributed by atoms with Crippen molar-refractivity contribution in [1.29, 1.82) is 0 Å². The third-order valence-corrected chi connectivity index (χ3v) is 4.40. The molecule has 7 nitrogen and oxygen atoms in total. The van der Waals surface area contributed by atoms with E-state index in [4.69, 9.17) is 4.74 Å². The number of rotatable bonds is 4. The number of hydrogen-bond acceptors (Lipinski definition) is 4. The summed E-state index contributed by atoms with van der Waals surface area (Å²) in [4.78, 5) is 28.8. The maximum absolute atomic E-state index is 12.7. The van der Waals surface area contributed by atoms with E-state index in [1.807, 2.05) is 17.7 Å². The molecule has 3 heterocycles. The van der Waals surface area contributed by atoms with Crippen LogP contribution in [0.5, 0.6) is 0 Å². The van der Waals surface area contributed by atoms with Gasteiger partial charge in [0.15, 0.2) is 0 Å². The molecule has 0 spiro atoms. The fourth-order valence-corrected chi connectivity index (χ4v) is 3.14. The zero-order valence-electron chi connectivity index (χ0n) is 14.2. The molecule has 0 unspecified atom stereocenters. The normalized spacial score (nSPS) is 20.3. The summed E-state index contributed by atoms with van der Waals surface area (Å²) < 4.78 is 9.24. The van der Waals surface area contributed by atoms with Gasteiger partial charge in [-0.2, -0.15) is 0 Å². The molecule has 2 aromatic heterocycles. The van der Waals surface area contributed by atoms with Crippen molar-refractivity contribution in [2.45, 2.75) is 32.9 Å². The van der Waals surface area contributed by atoms with Gasteiger partial charge in [0.1, 0.15) is 11.9 Å². The highest BCUT2D eigenvalue weighted by Crippen LogP contribution is 2.34. The second-order valence-corrected chi connectivity index (χ2v) is 6.08. The van der Waals surface area contributed by atoms with E-state index in [0.29, 0.717) is 24.3 Å². The highest BCUT2D eigenvalue weighted by Gasteiger charge is 2.37. The number of anilines is 1. The molecular weight excluding hydrogens is 308 g/mol. The van der Waals surface area contributed by atoms with E-state index in [2.05, 4.69) is 10.3 Å². The van der Waals surface area contributed by atoms with Crippen molar-refractivity contribution in [1.82, 2.24) is 14.1 Å². The van der Waals surface area contributed by atoms with Crippen LogP contribution < -0.4 is 10.9 Å². The molecule has 0 bridgehead atoms. The Morgan fingerprint density at radius 2 is 2.29 bits per heavy atom. The van der Waals surface area contributed by atoms with E-state index in [-0.39, 0.29) is 23.5 Å². The number of carbonyl (C=O) groups excluding carboxylic acids is 1. The number of nitrogens with zero attached hydrogens (tertiary/aromatic N) is 3. The standard InChI is InChI=1S/C17H22N4O3/c1-4-21-7-6-18-15(21)14-13(5-8-24-14)16(22)19-12-9-11(2)17(23)20(3)10-12/h6-7,9-10,13-14H,4-5,8H2,1-3H3,(H,19,22)/t13-,14-/m1/s1. The molecule has 0 aromatic carbocycles. The van der Waals surface area contributed by atoms with Crippen LogP contribution in [0.25, 0.3) is 0 Å². The van der Waals surface area contributed by atoms with Gasteiger partial charge in [-0.05, 0) is 26.3 Å². The summed E-state index contributed by atoms with van der Waals surface area (Å²) in [7, 11) is 1.67. The zero-order valence-corrected chi connectivity index (χ0v) is 14.2. The number of hydrogen-bond donors (Lipinski definition) is 1. The van der Waals surface area contributed by atoms with Crippen LogP contribution in [0.15, 0.2) is 29.5 Å². The summed E-state index contributed by atoms with van der Waals surface area (Å²) in [6.45, 7) is 5.08. The molecule has 1 aliphatic heterocycles. The molecule has 1 saturated heterocycles. The first-order valence-electron chi connectivity index (χ1n) is 8.12. The largest absolute Gasteiger partial charge is 0.369 e. The van der Waals surface area contributed by atoms with Gasteiger partial charge in [0.2, 0.25) is 5.91 Å². The number of imidazole rings is 1. The molecular formula is C17H22N4O3. The van der Waals surface area contributed by atoms with E-state index in [1.54, 1.807) is 32.4 Å². The minimum atomic E-state index is -0.339. The average molecular weight is 330 g/mol. The van der Waals surface area contributed by atoms with Crippen LogP contribution in [0.4, 0.5) is 5.69 Å². The van der Waals surface area contributed by atoms with Gasteiger partial charge in [-0.3, -0.25) is 9.59 Å². The van der Waals surface area contributed by atoms with Gasteiger partial charge in [0.25, 0.3) is 5.56 Å². The number of nitrogens with one attached hydrogen (secondary N) is 1. The third-order valence-electron chi connectivity index (χ3n) is 4.40. The highest BCUT2D eigenvalue weighted by molar-refractivity contribution is 5.93. The molecule has 24 heavy (non-hydrogen) atoms. The molecule has 7 heteroatoms. The number of aryl methyl sites for hydroxylation is 3. The van der Waals surface area contributed by atoms with Gasteiger partial charge < -0.3 is 19.2 Å². The lowest BCUT2D eigenvalue weighted by Crippen LogP contribution is -2.28. The van der Waals surface area contributed by atoms with Gasteiger partial charge in [-0.25, -0.2) is 4.98 Å². The molecule has 1 fully saturated rings. The number of amides is 1. The molecule has 0 saturated carbocycles. The van der Waals surface area contributed by atoms with E-state index < -0.39 is 0 Å². The van der Waals surface area contributed by atoms with E-state index in [9.17, 15) is 9.59 Å². The third kappa shape index (κ3) is 2.99. The summed E-state index contributed by atoms with van der Waals surface area (Å²) in [5.74, 6) is 0.378. The van der Waals surface area contributed by atoms with Crippen molar-refractivity contribution in [3.63, 3.8) is 0 Å². The molecule has 1 N–H and O–H groups in total. The van der Waals surface area contributed by atoms with Crippen molar-refractivity contribution in [2.75, 3.05) is 11.9 Å². The molecule has 3 rings (SSSR count). The van der Waals surface area contributed by atoms with Crippen molar-refractivity contribution in [3.05, 3.63) is 46.4 Å². The predicted molar refractivity (Wildman–Crippen MR) is 89.8 cm³/mol. The Labute approximate surface area is 140 Å². The van der Waals surface area contributed by atoms with Crippen molar-refractivity contribution in [2.24, 2.45) is 13.0 Å². The lowest BCUT2D eigenvalue weighted by Gasteiger charge is -2.19. The Balaban J connectivity index is 1.80. The first kappa shape index (κ1) is 16.4. The predicted octanol–water partition coefficient (Wildman–Crippen LogP) is 1.63. The van der Waals surface area contributed by atoms with Crippen LogP contribution in [0.2, 0.25) is 0 Å². The summed E-state index contributed by atoms with van der Waals surface area (Å²) >= 11 is 0. The van der Waals surface area contributed by atoms with Crippen molar-refractivity contribution < 1.29 is 9.53 Å². The Morgan fingerprint density at radius 1 is 1.50 bits per heavy atom. The molecule has 2 atom stereocenters. The number of carbonyl (C=O) groups is 1. The first-order valence-corrected chi connectivity index (χ1v) is 8.12. The minimum absolute atomic E-state index is 0.0694. The molecule has 0 radical (unpaired) electrons. The van der Waals surface area contributed by atoms with Crippen molar-refractivity contribution in [3.8, 4) is 0 Å². The van der Waals surface area contributed by atoms with Crippen molar-refractivity contribution >= 4 is 11.6 Å². The molecule has 1 aliphatic rings. The Kier molecular flexibility index (Phi) is 4.53. The van der Waals surface area contributed by atoms with Crippen LogP contribution in [0.1, 0.15) is 30.8 Å². The second-order valence-electron chi connectivity index (χ2n) is 6.08. The quantitative estimate of drug-likeness (QED) is 0.924. The summed E-state index contributed by atoms with van der Waals surface area (Å²) in [5, 5.41) is 2.91. The fourth-order valence-electron chi connectivity index (χ4n) is 3.14. The second kappa shape index (κ2) is 6.60. The Morgan fingerprint density at radius 3 is 3.00 bits per heavy atom. The van der Waals surface area contributed by atoms with Gasteiger partial charge in [-0.1, -0.05) is 0 Å². The minimum Gasteiger partial charge on any atom is -0.369 e. The lowest BCUT2D eigenvalue weighted by atomic mass is 9.99. The van der Waals surface area contributed by atoms with Crippen LogP contribution in [0.3, 0.4) is 0 Å². The number of ether oxygens (including phenoxy) is 1.